The van der Waals surface area contributed by atoms with Crippen LogP contribution in [0, 0.1) is 11.3 Å². The normalized spacial score (nSPS) is 16.5. The van der Waals surface area contributed by atoms with Gasteiger partial charge in [-0.15, -0.1) is 11.3 Å². The molecule has 3 rings (SSSR count). The van der Waals surface area contributed by atoms with E-state index in [-0.39, 0.29) is 11.3 Å². The Morgan fingerprint density at radius 2 is 1.96 bits per heavy atom. The zero-order valence-corrected chi connectivity index (χ0v) is 15.6. The molecule has 1 aromatic carbocycles. The van der Waals surface area contributed by atoms with Gasteiger partial charge in [0.2, 0.25) is 0 Å². The smallest absolute Gasteiger partial charge is 0.138 e. The molecule has 0 atom stereocenters. The number of nitrogens with zero attached hydrogens (tertiary/aromatic N) is 3. The molecule has 0 spiro atoms. The Balaban J connectivity index is 1.81. The molecular formula is C18H18BrN3OS. The van der Waals surface area contributed by atoms with Crippen LogP contribution in [-0.4, -0.2) is 34.6 Å². The molecule has 24 heavy (non-hydrogen) atoms. The van der Waals surface area contributed by atoms with Gasteiger partial charge in [0.1, 0.15) is 22.4 Å². The zero-order valence-electron chi connectivity index (χ0n) is 13.2. The van der Waals surface area contributed by atoms with Gasteiger partial charge < -0.3 is 5.11 Å². The molecule has 0 unspecified atom stereocenters. The fourth-order valence-corrected chi connectivity index (χ4v) is 3.89. The molecule has 0 aliphatic carbocycles. The molecule has 0 saturated carbocycles. The van der Waals surface area contributed by atoms with Gasteiger partial charge in [0.15, 0.2) is 0 Å². The molecule has 0 radical (unpaired) electrons. The van der Waals surface area contributed by atoms with Crippen LogP contribution in [0.4, 0.5) is 0 Å². The summed E-state index contributed by atoms with van der Waals surface area (Å²) in [6, 6.07) is 10.0. The average molecular weight is 404 g/mol. The largest absolute Gasteiger partial charge is 0.509 e. The van der Waals surface area contributed by atoms with Crippen LogP contribution in [-0.2, 0) is 0 Å². The average Bonchev–Trinajstić information content (AvgIpc) is 3.07. The van der Waals surface area contributed by atoms with Crippen LogP contribution >= 0.6 is 27.3 Å². The lowest BCUT2D eigenvalue weighted by Gasteiger charge is -2.26. The van der Waals surface area contributed by atoms with Crippen molar-refractivity contribution in [1.29, 1.82) is 5.26 Å². The first kappa shape index (κ1) is 17.2. The van der Waals surface area contributed by atoms with Gasteiger partial charge in [-0.25, -0.2) is 4.98 Å². The molecular weight excluding hydrogens is 386 g/mol. The van der Waals surface area contributed by atoms with Gasteiger partial charge in [-0.3, -0.25) is 4.90 Å². The number of rotatable bonds is 4. The summed E-state index contributed by atoms with van der Waals surface area (Å²) in [6.07, 6.45) is 3.55. The second-order valence-corrected chi connectivity index (χ2v) is 7.59. The lowest BCUT2D eigenvalue weighted by molar-refractivity contribution is 0.215. The Kier molecular flexibility index (Phi) is 5.67. The van der Waals surface area contributed by atoms with Crippen LogP contribution in [0.5, 0.6) is 0 Å². The van der Waals surface area contributed by atoms with Crippen molar-refractivity contribution in [1.82, 2.24) is 9.88 Å². The number of aromatic nitrogens is 1. The summed E-state index contributed by atoms with van der Waals surface area (Å²) >= 11 is 4.81. The molecule has 2 aromatic rings. The Morgan fingerprint density at radius 1 is 1.25 bits per heavy atom. The summed E-state index contributed by atoms with van der Waals surface area (Å²) in [5.41, 5.74) is 2.10. The molecule has 124 valence electrons. The summed E-state index contributed by atoms with van der Waals surface area (Å²) in [5, 5.41) is 22.4. The van der Waals surface area contributed by atoms with Gasteiger partial charge in [0.25, 0.3) is 0 Å². The van der Waals surface area contributed by atoms with Gasteiger partial charge >= 0.3 is 0 Å². The van der Waals surface area contributed by atoms with Gasteiger partial charge in [0.05, 0.1) is 12.2 Å². The van der Waals surface area contributed by atoms with Crippen molar-refractivity contribution < 1.29 is 5.11 Å². The van der Waals surface area contributed by atoms with Gasteiger partial charge in [-0.2, -0.15) is 5.26 Å². The minimum atomic E-state index is 0.121. The van der Waals surface area contributed by atoms with Crippen molar-refractivity contribution in [2.24, 2.45) is 0 Å². The fraction of sp³-hybridized carbons (Fsp3) is 0.333. The van der Waals surface area contributed by atoms with Crippen molar-refractivity contribution in [3.05, 3.63) is 44.9 Å². The van der Waals surface area contributed by atoms with Crippen LogP contribution in [0.15, 0.2) is 39.9 Å². The number of halogens is 1. The van der Waals surface area contributed by atoms with Crippen LogP contribution in [0.3, 0.4) is 0 Å². The lowest BCUT2D eigenvalue weighted by Crippen LogP contribution is -2.31. The molecule has 2 heterocycles. The molecule has 6 heteroatoms. The molecule has 0 bridgehead atoms. The monoisotopic (exact) mass is 403 g/mol. The highest BCUT2D eigenvalue weighted by Gasteiger charge is 2.17. The Bertz CT molecular complexity index is 770. The maximum Gasteiger partial charge on any atom is 0.138 e. The number of benzene rings is 1. The van der Waals surface area contributed by atoms with E-state index in [1.165, 1.54) is 17.8 Å². The molecule has 1 fully saturated rings. The van der Waals surface area contributed by atoms with Crippen LogP contribution in [0.2, 0.25) is 0 Å². The molecule has 1 N–H and O–H groups in total. The first-order valence-corrected chi connectivity index (χ1v) is 9.61. The van der Waals surface area contributed by atoms with E-state index in [9.17, 15) is 10.4 Å². The van der Waals surface area contributed by atoms with Crippen molar-refractivity contribution in [3.8, 4) is 17.3 Å². The van der Waals surface area contributed by atoms with E-state index < -0.39 is 0 Å². The molecule has 0 amide bonds. The number of allylic oxidation sites excluding steroid dienone is 1. The van der Waals surface area contributed by atoms with Crippen LogP contribution < -0.4 is 0 Å². The maximum atomic E-state index is 10.4. The second-order valence-electron chi connectivity index (χ2n) is 5.82. The Hall–Kier alpha value is -1.68. The summed E-state index contributed by atoms with van der Waals surface area (Å²) in [7, 11) is 0. The van der Waals surface area contributed by atoms with E-state index in [1.807, 2.05) is 29.6 Å². The minimum Gasteiger partial charge on any atom is -0.509 e. The first-order valence-electron chi connectivity index (χ1n) is 7.94. The molecule has 1 aliphatic rings. The van der Waals surface area contributed by atoms with E-state index in [0.717, 1.165) is 41.7 Å². The van der Waals surface area contributed by atoms with Crippen LogP contribution in [0.1, 0.15) is 24.3 Å². The Labute approximate surface area is 154 Å². The zero-order chi connectivity index (χ0) is 16.9. The number of likely N-dealkylation sites (tertiary alicyclic amines) is 1. The number of piperidine rings is 1. The highest BCUT2D eigenvalue weighted by molar-refractivity contribution is 9.10. The number of aliphatic hydroxyl groups is 1. The number of nitriles is 1. The van der Waals surface area contributed by atoms with Crippen LogP contribution in [0.25, 0.3) is 16.8 Å². The number of thiazole rings is 1. The summed E-state index contributed by atoms with van der Waals surface area (Å²) in [6.45, 7) is 2.38. The Morgan fingerprint density at radius 3 is 2.62 bits per heavy atom. The molecule has 1 aromatic heterocycles. The number of hydrogen-bond acceptors (Lipinski definition) is 5. The third-order valence-electron chi connectivity index (χ3n) is 4.08. The molecule has 1 aliphatic heterocycles. The first-order chi connectivity index (χ1) is 11.7. The number of hydrogen-bond donors (Lipinski definition) is 1. The van der Waals surface area contributed by atoms with Crippen molar-refractivity contribution >= 4 is 32.8 Å². The predicted octanol–water partition coefficient (Wildman–Crippen LogP) is 4.85. The number of aliphatic hydroxyl groups excluding tert-OH is 1. The van der Waals surface area contributed by atoms with E-state index in [2.05, 4.69) is 31.9 Å². The molecule has 4 nitrogen and oxygen atoms in total. The highest BCUT2D eigenvalue weighted by Crippen LogP contribution is 2.28. The van der Waals surface area contributed by atoms with E-state index >= 15 is 0 Å². The summed E-state index contributed by atoms with van der Waals surface area (Å²) < 4.78 is 1.01. The predicted molar refractivity (Wildman–Crippen MR) is 101 cm³/mol. The van der Waals surface area contributed by atoms with Crippen molar-refractivity contribution in [2.75, 3.05) is 19.6 Å². The van der Waals surface area contributed by atoms with Gasteiger partial charge in [0, 0.05) is 15.4 Å². The maximum absolute atomic E-state index is 10.4. The second kappa shape index (κ2) is 7.93. The van der Waals surface area contributed by atoms with Gasteiger partial charge in [-0.1, -0.05) is 34.5 Å². The quantitative estimate of drug-likeness (QED) is 0.585. The lowest BCUT2D eigenvalue weighted by atomic mass is 10.1. The molecule has 1 saturated heterocycles. The SMILES string of the molecule is N#CC(=C(O)CN1CCCCC1)c1nc(-c2ccc(Br)cc2)cs1. The topological polar surface area (TPSA) is 60.1 Å². The third-order valence-corrected chi connectivity index (χ3v) is 5.47. The fourth-order valence-electron chi connectivity index (χ4n) is 2.79. The minimum absolute atomic E-state index is 0.121. The van der Waals surface area contributed by atoms with E-state index in [4.69, 9.17) is 0 Å². The summed E-state index contributed by atoms with van der Waals surface area (Å²) in [5.74, 6) is 0.121. The third kappa shape index (κ3) is 4.04. The van der Waals surface area contributed by atoms with Crippen molar-refractivity contribution in [3.63, 3.8) is 0 Å². The van der Waals surface area contributed by atoms with Crippen molar-refractivity contribution in [2.45, 2.75) is 19.3 Å². The highest BCUT2D eigenvalue weighted by atomic mass is 79.9. The van der Waals surface area contributed by atoms with Gasteiger partial charge in [-0.05, 0) is 38.1 Å². The summed E-state index contributed by atoms with van der Waals surface area (Å²) in [4.78, 5) is 6.73. The van der Waals surface area contributed by atoms with E-state index in [1.54, 1.807) is 0 Å². The standard InChI is InChI=1S/C18H18BrN3OS/c19-14-6-4-13(5-7-14)16-12-24-18(21-16)15(10-20)17(23)11-22-8-2-1-3-9-22/h4-7,12,23H,1-3,8-9,11H2. The van der Waals surface area contributed by atoms with E-state index in [0.29, 0.717) is 11.6 Å².